The van der Waals surface area contributed by atoms with Gasteiger partial charge in [-0.3, -0.25) is 9.78 Å². The zero-order valence-corrected chi connectivity index (χ0v) is 11.6. The van der Waals surface area contributed by atoms with Gasteiger partial charge in [-0.2, -0.15) is 0 Å². The molecule has 0 fully saturated rings. The topological polar surface area (TPSA) is 64.4 Å². The van der Waals surface area contributed by atoms with Gasteiger partial charge in [-0.1, -0.05) is 11.6 Å². The number of amides is 1. The SMILES string of the molecule is O=C(NCCCOCc1ccco1)c1ccncc1Cl. The number of furan rings is 1. The van der Waals surface area contributed by atoms with E-state index in [9.17, 15) is 4.79 Å². The molecule has 2 aromatic rings. The van der Waals surface area contributed by atoms with Gasteiger partial charge in [0.1, 0.15) is 12.4 Å². The maximum atomic E-state index is 11.8. The van der Waals surface area contributed by atoms with Crippen molar-refractivity contribution < 1.29 is 13.9 Å². The highest BCUT2D eigenvalue weighted by atomic mass is 35.5. The maximum absolute atomic E-state index is 11.8. The molecule has 0 bridgehead atoms. The van der Waals surface area contributed by atoms with E-state index in [0.29, 0.717) is 30.3 Å². The minimum absolute atomic E-state index is 0.205. The summed E-state index contributed by atoms with van der Waals surface area (Å²) in [4.78, 5) is 15.6. The summed E-state index contributed by atoms with van der Waals surface area (Å²) in [5.41, 5.74) is 0.429. The van der Waals surface area contributed by atoms with Crippen molar-refractivity contribution in [1.29, 1.82) is 0 Å². The van der Waals surface area contributed by atoms with Crippen LogP contribution in [0.2, 0.25) is 5.02 Å². The summed E-state index contributed by atoms with van der Waals surface area (Å²) in [6.45, 7) is 1.51. The second-order valence-electron chi connectivity index (χ2n) is 4.10. The van der Waals surface area contributed by atoms with E-state index in [0.717, 1.165) is 12.2 Å². The molecule has 2 heterocycles. The predicted molar refractivity (Wildman–Crippen MR) is 74.6 cm³/mol. The Morgan fingerprint density at radius 1 is 1.45 bits per heavy atom. The molecule has 2 rings (SSSR count). The Balaban J connectivity index is 1.61. The molecule has 0 aromatic carbocycles. The number of aromatic nitrogens is 1. The smallest absolute Gasteiger partial charge is 0.252 e. The Kier molecular flexibility index (Phi) is 5.58. The van der Waals surface area contributed by atoms with Gasteiger partial charge in [0.2, 0.25) is 0 Å². The highest BCUT2D eigenvalue weighted by molar-refractivity contribution is 6.33. The Bertz CT molecular complexity index is 543. The lowest BCUT2D eigenvalue weighted by Crippen LogP contribution is -2.25. The largest absolute Gasteiger partial charge is 0.467 e. The molecule has 0 spiro atoms. The minimum Gasteiger partial charge on any atom is -0.467 e. The number of nitrogens with one attached hydrogen (secondary N) is 1. The van der Waals surface area contributed by atoms with E-state index in [1.807, 2.05) is 12.1 Å². The van der Waals surface area contributed by atoms with Gasteiger partial charge in [0.05, 0.1) is 16.8 Å². The van der Waals surface area contributed by atoms with E-state index in [1.54, 1.807) is 12.3 Å². The average molecular weight is 295 g/mol. The lowest BCUT2D eigenvalue weighted by Gasteiger charge is -2.06. The summed E-state index contributed by atoms with van der Waals surface area (Å²) < 4.78 is 10.5. The van der Waals surface area contributed by atoms with Gasteiger partial charge in [-0.15, -0.1) is 0 Å². The number of pyridine rings is 1. The summed E-state index contributed by atoms with van der Waals surface area (Å²) in [5, 5.41) is 3.13. The van der Waals surface area contributed by atoms with Crippen LogP contribution in [-0.4, -0.2) is 24.0 Å². The molecule has 0 saturated carbocycles. The zero-order valence-electron chi connectivity index (χ0n) is 10.8. The molecular weight excluding hydrogens is 280 g/mol. The van der Waals surface area contributed by atoms with Crippen molar-refractivity contribution in [1.82, 2.24) is 10.3 Å². The van der Waals surface area contributed by atoms with Crippen LogP contribution < -0.4 is 5.32 Å². The number of hydrogen-bond donors (Lipinski definition) is 1. The van der Waals surface area contributed by atoms with Gasteiger partial charge >= 0.3 is 0 Å². The van der Waals surface area contributed by atoms with Crippen LogP contribution in [0, 0.1) is 0 Å². The molecule has 0 aliphatic rings. The second kappa shape index (κ2) is 7.67. The summed E-state index contributed by atoms with van der Waals surface area (Å²) >= 11 is 5.88. The van der Waals surface area contributed by atoms with Crippen LogP contribution in [0.25, 0.3) is 0 Å². The fraction of sp³-hybridized carbons (Fsp3) is 0.286. The van der Waals surface area contributed by atoms with E-state index in [4.69, 9.17) is 20.8 Å². The van der Waals surface area contributed by atoms with Gasteiger partial charge < -0.3 is 14.5 Å². The summed E-state index contributed by atoms with van der Waals surface area (Å²) in [5.74, 6) is 0.584. The van der Waals surface area contributed by atoms with Crippen LogP contribution in [0.5, 0.6) is 0 Å². The van der Waals surface area contributed by atoms with E-state index in [2.05, 4.69) is 10.3 Å². The van der Waals surface area contributed by atoms with Gasteiger partial charge in [-0.05, 0) is 24.6 Å². The highest BCUT2D eigenvalue weighted by Gasteiger charge is 2.08. The first-order chi connectivity index (χ1) is 9.77. The molecule has 0 aliphatic carbocycles. The first kappa shape index (κ1) is 14.6. The quantitative estimate of drug-likeness (QED) is 0.797. The molecule has 5 nitrogen and oxygen atoms in total. The number of rotatable bonds is 7. The third kappa shape index (κ3) is 4.36. The van der Waals surface area contributed by atoms with Crippen molar-refractivity contribution in [3.8, 4) is 0 Å². The molecule has 0 aliphatic heterocycles. The number of halogens is 1. The second-order valence-corrected chi connectivity index (χ2v) is 4.50. The molecular formula is C14H15ClN2O3. The molecule has 20 heavy (non-hydrogen) atoms. The monoisotopic (exact) mass is 294 g/mol. The zero-order chi connectivity index (χ0) is 14.2. The number of carbonyl (C=O) groups excluding carboxylic acids is 1. The molecule has 0 unspecified atom stereocenters. The normalized spacial score (nSPS) is 10.4. The van der Waals surface area contributed by atoms with Crippen LogP contribution >= 0.6 is 11.6 Å². The lowest BCUT2D eigenvalue weighted by atomic mass is 10.2. The third-order valence-corrected chi connectivity index (χ3v) is 2.89. The van der Waals surface area contributed by atoms with Crippen LogP contribution in [0.1, 0.15) is 22.5 Å². The van der Waals surface area contributed by atoms with Crippen LogP contribution in [0.4, 0.5) is 0 Å². The van der Waals surface area contributed by atoms with Gasteiger partial charge in [0.25, 0.3) is 5.91 Å². The van der Waals surface area contributed by atoms with Gasteiger partial charge in [0.15, 0.2) is 0 Å². The summed E-state index contributed by atoms with van der Waals surface area (Å²) in [6, 6.07) is 5.26. The van der Waals surface area contributed by atoms with Crippen LogP contribution in [0.15, 0.2) is 41.3 Å². The minimum atomic E-state index is -0.205. The van der Waals surface area contributed by atoms with E-state index < -0.39 is 0 Å². The molecule has 106 valence electrons. The van der Waals surface area contributed by atoms with E-state index >= 15 is 0 Å². The number of carbonyl (C=O) groups is 1. The standard InChI is InChI=1S/C14H15ClN2O3/c15-13-9-16-6-4-12(13)14(18)17-5-2-7-19-10-11-3-1-8-20-11/h1,3-4,6,8-9H,2,5,7,10H2,(H,17,18). The van der Waals surface area contributed by atoms with E-state index in [-0.39, 0.29) is 5.91 Å². The van der Waals surface area contributed by atoms with E-state index in [1.165, 1.54) is 12.4 Å². The summed E-state index contributed by atoms with van der Waals surface area (Å²) in [7, 11) is 0. The first-order valence-electron chi connectivity index (χ1n) is 6.25. The first-order valence-corrected chi connectivity index (χ1v) is 6.63. The molecule has 6 heteroatoms. The van der Waals surface area contributed by atoms with Crippen LogP contribution in [-0.2, 0) is 11.3 Å². The Morgan fingerprint density at radius 2 is 2.35 bits per heavy atom. The maximum Gasteiger partial charge on any atom is 0.252 e. The van der Waals surface area contributed by atoms with Crippen molar-refractivity contribution in [2.45, 2.75) is 13.0 Å². The fourth-order valence-electron chi connectivity index (χ4n) is 1.60. The molecule has 0 saturated heterocycles. The third-order valence-electron chi connectivity index (χ3n) is 2.59. The Hall–Kier alpha value is -1.85. The lowest BCUT2D eigenvalue weighted by molar-refractivity contribution is 0.0917. The van der Waals surface area contributed by atoms with Crippen molar-refractivity contribution in [3.63, 3.8) is 0 Å². The highest BCUT2D eigenvalue weighted by Crippen LogP contribution is 2.12. The van der Waals surface area contributed by atoms with Gasteiger partial charge in [0, 0.05) is 25.5 Å². The summed E-state index contributed by atoms with van der Waals surface area (Å²) in [6.07, 6.45) is 5.31. The van der Waals surface area contributed by atoms with Crippen molar-refractivity contribution in [3.05, 3.63) is 53.2 Å². The van der Waals surface area contributed by atoms with Crippen LogP contribution in [0.3, 0.4) is 0 Å². The molecule has 1 N–H and O–H groups in total. The van der Waals surface area contributed by atoms with Crippen molar-refractivity contribution in [2.75, 3.05) is 13.2 Å². The Labute approximate surface area is 121 Å². The van der Waals surface area contributed by atoms with Crippen molar-refractivity contribution >= 4 is 17.5 Å². The molecule has 2 aromatic heterocycles. The fourth-order valence-corrected chi connectivity index (χ4v) is 1.80. The van der Waals surface area contributed by atoms with Gasteiger partial charge in [-0.25, -0.2) is 0 Å². The molecule has 0 radical (unpaired) electrons. The van der Waals surface area contributed by atoms with Crippen molar-refractivity contribution in [2.24, 2.45) is 0 Å². The molecule has 1 amide bonds. The number of nitrogens with zero attached hydrogens (tertiary/aromatic N) is 1. The predicted octanol–water partition coefficient (Wildman–Crippen LogP) is 2.66. The number of hydrogen-bond acceptors (Lipinski definition) is 4. The Morgan fingerprint density at radius 3 is 3.10 bits per heavy atom. The number of ether oxygens (including phenoxy) is 1. The average Bonchev–Trinajstić information content (AvgIpc) is 2.96. The molecule has 0 atom stereocenters.